The summed E-state index contributed by atoms with van der Waals surface area (Å²) >= 11 is 0. The zero-order valence-electron chi connectivity index (χ0n) is 12.5. The van der Waals surface area contributed by atoms with Gasteiger partial charge in [-0.15, -0.1) is 0 Å². The maximum Gasteiger partial charge on any atom is 0.229 e. The van der Waals surface area contributed by atoms with Gasteiger partial charge >= 0.3 is 0 Å². The third kappa shape index (κ3) is 2.38. The molecule has 1 aromatic heterocycles. The average molecular weight is 299 g/mol. The Labute approximate surface area is 127 Å². The van der Waals surface area contributed by atoms with Gasteiger partial charge in [-0.25, -0.2) is 0 Å². The molecule has 0 fully saturated rings. The van der Waals surface area contributed by atoms with E-state index in [4.69, 9.17) is 4.42 Å². The normalized spacial score (nSPS) is 14.0. The van der Waals surface area contributed by atoms with Crippen LogP contribution in [0.1, 0.15) is 51.6 Å². The molecule has 1 aliphatic carbocycles. The first-order chi connectivity index (χ1) is 10.4. The molecule has 3 rings (SSSR count). The molecule has 0 saturated heterocycles. The van der Waals surface area contributed by atoms with Crippen molar-refractivity contribution >= 4 is 11.6 Å². The fraction of sp³-hybridized carbons (Fsp3) is 0.294. The lowest BCUT2D eigenvalue weighted by Crippen LogP contribution is -2.41. The van der Waals surface area contributed by atoms with Crippen molar-refractivity contribution in [1.29, 1.82) is 0 Å². The van der Waals surface area contributed by atoms with Crippen LogP contribution in [0, 0.1) is 0 Å². The van der Waals surface area contributed by atoms with E-state index in [0.717, 1.165) is 0 Å². The van der Waals surface area contributed by atoms with E-state index in [9.17, 15) is 14.7 Å². The monoisotopic (exact) mass is 299 g/mol. The van der Waals surface area contributed by atoms with E-state index in [1.807, 2.05) is 13.8 Å². The number of aliphatic hydroxyl groups excluding tert-OH is 1. The van der Waals surface area contributed by atoms with E-state index in [2.05, 4.69) is 5.32 Å². The van der Waals surface area contributed by atoms with Gasteiger partial charge in [-0.2, -0.15) is 0 Å². The lowest BCUT2D eigenvalue weighted by atomic mass is 9.89. The molecule has 0 aliphatic heterocycles. The maximum absolute atomic E-state index is 12.5. The molecule has 5 heteroatoms. The first-order valence-corrected chi connectivity index (χ1v) is 7.10. The van der Waals surface area contributed by atoms with Crippen molar-refractivity contribution in [2.24, 2.45) is 0 Å². The van der Waals surface area contributed by atoms with Crippen LogP contribution in [0.5, 0.6) is 0 Å². The number of carbonyl (C=O) groups is 2. The molecule has 0 saturated carbocycles. The SMILES string of the molecule is CC(C)(CO)NCc1cc2c(o1)C(=O)c1ccccc1C2=O. The third-order valence-electron chi connectivity index (χ3n) is 3.79. The highest BCUT2D eigenvalue weighted by molar-refractivity contribution is 6.27. The minimum atomic E-state index is -0.468. The molecule has 114 valence electrons. The molecule has 0 amide bonds. The number of carbonyl (C=O) groups excluding carboxylic acids is 2. The molecule has 1 aromatic carbocycles. The minimum absolute atomic E-state index is 0.0310. The number of fused-ring (bicyclic) bond motifs is 2. The molecular formula is C17H17NO4. The Kier molecular flexibility index (Phi) is 3.47. The molecule has 1 heterocycles. The van der Waals surface area contributed by atoms with Crippen molar-refractivity contribution < 1.29 is 19.1 Å². The quantitative estimate of drug-likeness (QED) is 0.769. The summed E-state index contributed by atoms with van der Waals surface area (Å²) in [6.07, 6.45) is 0. The van der Waals surface area contributed by atoms with E-state index < -0.39 is 5.54 Å². The van der Waals surface area contributed by atoms with Crippen molar-refractivity contribution in [1.82, 2.24) is 5.32 Å². The van der Waals surface area contributed by atoms with E-state index in [-0.39, 0.29) is 23.9 Å². The first-order valence-electron chi connectivity index (χ1n) is 7.10. The van der Waals surface area contributed by atoms with Gasteiger partial charge in [-0.05, 0) is 19.9 Å². The number of nitrogens with one attached hydrogen (secondary N) is 1. The predicted molar refractivity (Wildman–Crippen MR) is 80.0 cm³/mol. The number of rotatable bonds is 4. The topological polar surface area (TPSA) is 79.5 Å². The molecule has 2 N–H and O–H groups in total. The number of ketones is 2. The van der Waals surface area contributed by atoms with Gasteiger partial charge in [0.25, 0.3) is 0 Å². The lowest BCUT2D eigenvalue weighted by Gasteiger charge is -2.22. The van der Waals surface area contributed by atoms with Crippen molar-refractivity contribution in [3.63, 3.8) is 0 Å². The summed E-state index contributed by atoms with van der Waals surface area (Å²) in [5.41, 5.74) is 0.632. The maximum atomic E-state index is 12.5. The van der Waals surface area contributed by atoms with Gasteiger partial charge in [0.1, 0.15) is 5.76 Å². The summed E-state index contributed by atoms with van der Waals surface area (Å²) < 4.78 is 5.57. The summed E-state index contributed by atoms with van der Waals surface area (Å²) in [4.78, 5) is 24.9. The number of furan rings is 1. The Morgan fingerprint density at radius 3 is 2.36 bits per heavy atom. The van der Waals surface area contributed by atoms with E-state index in [0.29, 0.717) is 29.0 Å². The number of hydrogen-bond acceptors (Lipinski definition) is 5. The minimum Gasteiger partial charge on any atom is -0.455 e. The summed E-state index contributed by atoms with van der Waals surface area (Å²) in [7, 11) is 0. The summed E-state index contributed by atoms with van der Waals surface area (Å²) in [5.74, 6) is 0.142. The van der Waals surface area contributed by atoms with Gasteiger partial charge in [-0.3, -0.25) is 9.59 Å². The molecule has 0 atom stereocenters. The molecule has 22 heavy (non-hydrogen) atoms. The van der Waals surface area contributed by atoms with Gasteiger partial charge in [0.2, 0.25) is 5.78 Å². The van der Waals surface area contributed by atoms with Crippen LogP contribution in [0.4, 0.5) is 0 Å². The molecule has 0 spiro atoms. The van der Waals surface area contributed by atoms with Gasteiger partial charge < -0.3 is 14.8 Å². The highest BCUT2D eigenvalue weighted by Crippen LogP contribution is 2.29. The molecule has 0 bridgehead atoms. The largest absolute Gasteiger partial charge is 0.455 e. The molecule has 5 nitrogen and oxygen atoms in total. The summed E-state index contributed by atoms with van der Waals surface area (Å²) in [6.45, 7) is 4.00. The zero-order chi connectivity index (χ0) is 15.9. The van der Waals surface area contributed by atoms with E-state index >= 15 is 0 Å². The fourth-order valence-electron chi connectivity index (χ4n) is 2.40. The zero-order valence-corrected chi connectivity index (χ0v) is 12.5. The number of aliphatic hydroxyl groups is 1. The Balaban J connectivity index is 1.93. The smallest absolute Gasteiger partial charge is 0.229 e. The summed E-state index contributed by atoms with van der Waals surface area (Å²) in [6, 6.07) is 8.35. The summed E-state index contributed by atoms with van der Waals surface area (Å²) in [5, 5.41) is 12.4. The molecule has 0 radical (unpaired) electrons. The molecule has 0 unspecified atom stereocenters. The van der Waals surface area contributed by atoms with Crippen LogP contribution in [-0.4, -0.2) is 28.8 Å². The van der Waals surface area contributed by atoms with Crippen LogP contribution in [0.3, 0.4) is 0 Å². The Morgan fingerprint density at radius 2 is 1.73 bits per heavy atom. The molecule has 1 aliphatic rings. The highest BCUT2D eigenvalue weighted by atomic mass is 16.4. The van der Waals surface area contributed by atoms with Crippen molar-refractivity contribution in [3.8, 4) is 0 Å². The average Bonchev–Trinajstić information content (AvgIpc) is 2.96. The fourth-order valence-corrected chi connectivity index (χ4v) is 2.40. The second-order valence-electron chi connectivity index (χ2n) is 6.05. The van der Waals surface area contributed by atoms with Crippen LogP contribution < -0.4 is 5.32 Å². The van der Waals surface area contributed by atoms with Crippen molar-refractivity contribution in [3.05, 3.63) is 58.5 Å². The van der Waals surface area contributed by atoms with E-state index in [1.54, 1.807) is 30.3 Å². The van der Waals surface area contributed by atoms with Crippen LogP contribution in [0.15, 0.2) is 34.7 Å². The Morgan fingerprint density at radius 1 is 1.09 bits per heavy atom. The number of hydrogen-bond donors (Lipinski definition) is 2. The Bertz CT molecular complexity index is 705. The predicted octanol–water partition coefficient (Wildman–Crippen LogP) is 1.92. The Hall–Kier alpha value is -2.24. The van der Waals surface area contributed by atoms with Crippen LogP contribution in [0.2, 0.25) is 0 Å². The first kappa shape index (κ1) is 14.7. The van der Waals surface area contributed by atoms with Crippen LogP contribution >= 0.6 is 0 Å². The van der Waals surface area contributed by atoms with Crippen molar-refractivity contribution in [2.45, 2.75) is 25.9 Å². The van der Waals surface area contributed by atoms with Crippen LogP contribution in [-0.2, 0) is 6.54 Å². The standard InChI is InChI=1S/C17H17NO4/c1-17(2,9-19)18-8-10-7-13-14(20)11-5-3-4-6-12(11)15(21)16(13)22-10/h3-7,18-19H,8-9H2,1-2H3. The third-order valence-corrected chi connectivity index (χ3v) is 3.79. The lowest BCUT2D eigenvalue weighted by molar-refractivity contribution is 0.0959. The highest BCUT2D eigenvalue weighted by Gasteiger charge is 2.33. The second kappa shape index (κ2) is 5.19. The van der Waals surface area contributed by atoms with Gasteiger partial charge in [0, 0.05) is 16.7 Å². The van der Waals surface area contributed by atoms with Crippen molar-refractivity contribution in [2.75, 3.05) is 6.61 Å². The van der Waals surface area contributed by atoms with Gasteiger partial charge in [0.05, 0.1) is 18.7 Å². The van der Waals surface area contributed by atoms with E-state index in [1.165, 1.54) is 0 Å². The second-order valence-corrected chi connectivity index (χ2v) is 6.05. The van der Waals surface area contributed by atoms with Gasteiger partial charge in [-0.1, -0.05) is 24.3 Å². The van der Waals surface area contributed by atoms with Crippen LogP contribution in [0.25, 0.3) is 0 Å². The molecule has 2 aromatic rings. The number of benzene rings is 1. The van der Waals surface area contributed by atoms with Gasteiger partial charge in [0.15, 0.2) is 11.5 Å². The molecular weight excluding hydrogens is 282 g/mol.